The van der Waals surface area contributed by atoms with Crippen molar-refractivity contribution >= 4 is 17.5 Å². The summed E-state index contributed by atoms with van der Waals surface area (Å²) in [7, 11) is 0. The van der Waals surface area contributed by atoms with Crippen LogP contribution in [0.4, 0.5) is 0 Å². The van der Waals surface area contributed by atoms with Gasteiger partial charge in [-0.3, -0.25) is 4.79 Å². The highest BCUT2D eigenvalue weighted by Crippen LogP contribution is 2.28. The molecule has 1 amide bonds. The standard InChI is InChI=1S/C15H19ClN2O2/c16-11-1-5-14(6-2-11)20-10-15(19)18-12-3-4-13(18)9-17-8-7-12/h1-2,5-6,12-13,17H,3-4,7-10H2. The molecule has 1 aromatic carbocycles. The quantitative estimate of drug-likeness (QED) is 0.928. The molecule has 2 saturated heterocycles. The molecule has 2 aliphatic heterocycles. The van der Waals surface area contributed by atoms with E-state index in [9.17, 15) is 4.79 Å². The summed E-state index contributed by atoms with van der Waals surface area (Å²) in [4.78, 5) is 14.4. The largest absolute Gasteiger partial charge is 0.484 e. The summed E-state index contributed by atoms with van der Waals surface area (Å²) in [6.07, 6.45) is 3.27. The van der Waals surface area contributed by atoms with Gasteiger partial charge in [0.25, 0.3) is 5.91 Å². The van der Waals surface area contributed by atoms with E-state index in [-0.39, 0.29) is 12.5 Å². The van der Waals surface area contributed by atoms with Gasteiger partial charge in [-0.25, -0.2) is 0 Å². The van der Waals surface area contributed by atoms with E-state index in [0.717, 1.165) is 32.4 Å². The van der Waals surface area contributed by atoms with Crippen molar-refractivity contribution in [3.05, 3.63) is 29.3 Å². The summed E-state index contributed by atoms with van der Waals surface area (Å²) in [5.41, 5.74) is 0. The zero-order valence-electron chi connectivity index (χ0n) is 11.3. The van der Waals surface area contributed by atoms with Crippen molar-refractivity contribution in [1.29, 1.82) is 0 Å². The van der Waals surface area contributed by atoms with Gasteiger partial charge in [0.05, 0.1) is 0 Å². The van der Waals surface area contributed by atoms with E-state index < -0.39 is 0 Å². The van der Waals surface area contributed by atoms with Crippen molar-refractivity contribution in [1.82, 2.24) is 10.2 Å². The first-order chi connectivity index (χ1) is 9.74. The predicted octanol–water partition coefficient (Wildman–Crippen LogP) is 2.07. The highest BCUT2D eigenvalue weighted by Gasteiger charge is 2.37. The first kappa shape index (κ1) is 13.7. The zero-order valence-corrected chi connectivity index (χ0v) is 12.1. The maximum Gasteiger partial charge on any atom is 0.261 e. The average molecular weight is 295 g/mol. The molecule has 1 N–H and O–H groups in total. The Bertz CT molecular complexity index is 463. The van der Waals surface area contributed by atoms with Crippen molar-refractivity contribution in [3.8, 4) is 5.75 Å². The molecule has 2 aliphatic rings. The van der Waals surface area contributed by atoms with Crippen molar-refractivity contribution in [2.45, 2.75) is 31.3 Å². The SMILES string of the molecule is O=C(COc1ccc(Cl)cc1)N1C2CCNCC1CC2. The van der Waals surface area contributed by atoms with E-state index in [4.69, 9.17) is 16.3 Å². The van der Waals surface area contributed by atoms with E-state index in [0.29, 0.717) is 22.9 Å². The van der Waals surface area contributed by atoms with Crippen LogP contribution in [0.15, 0.2) is 24.3 Å². The van der Waals surface area contributed by atoms with Crippen LogP contribution in [0.1, 0.15) is 19.3 Å². The topological polar surface area (TPSA) is 41.6 Å². The third-order valence-electron chi connectivity index (χ3n) is 4.12. The second-order valence-corrected chi connectivity index (χ2v) is 5.86. The fourth-order valence-corrected chi connectivity index (χ4v) is 3.27. The molecule has 2 unspecified atom stereocenters. The van der Waals surface area contributed by atoms with Gasteiger partial charge in [-0.1, -0.05) is 11.6 Å². The molecule has 0 aromatic heterocycles. The fourth-order valence-electron chi connectivity index (χ4n) is 3.14. The minimum absolute atomic E-state index is 0.0937. The lowest BCUT2D eigenvalue weighted by Gasteiger charge is -2.27. The lowest BCUT2D eigenvalue weighted by Crippen LogP contribution is -2.44. The highest BCUT2D eigenvalue weighted by atomic mass is 35.5. The van der Waals surface area contributed by atoms with Gasteiger partial charge in [0.1, 0.15) is 5.75 Å². The number of hydrogen-bond donors (Lipinski definition) is 1. The lowest BCUT2D eigenvalue weighted by molar-refractivity contribution is -0.136. The molecule has 0 aliphatic carbocycles. The zero-order chi connectivity index (χ0) is 13.9. The number of carbonyl (C=O) groups excluding carboxylic acids is 1. The first-order valence-electron chi connectivity index (χ1n) is 7.14. The lowest BCUT2D eigenvalue weighted by atomic mass is 10.1. The van der Waals surface area contributed by atoms with E-state index in [1.54, 1.807) is 24.3 Å². The third kappa shape index (κ3) is 2.91. The molecule has 0 spiro atoms. The maximum atomic E-state index is 12.4. The minimum Gasteiger partial charge on any atom is -0.484 e. The Hall–Kier alpha value is -1.26. The molecule has 2 atom stereocenters. The molecule has 108 valence electrons. The molecule has 4 nitrogen and oxygen atoms in total. The second kappa shape index (κ2) is 6.02. The first-order valence-corrected chi connectivity index (χ1v) is 7.52. The molecule has 2 fully saturated rings. The number of benzene rings is 1. The molecular formula is C15H19ClN2O2. The Morgan fingerprint density at radius 3 is 2.80 bits per heavy atom. The predicted molar refractivity (Wildman–Crippen MR) is 78.1 cm³/mol. The van der Waals surface area contributed by atoms with Crippen LogP contribution in [-0.4, -0.2) is 42.6 Å². The maximum absolute atomic E-state index is 12.4. The van der Waals surface area contributed by atoms with Gasteiger partial charge >= 0.3 is 0 Å². The Balaban J connectivity index is 1.60. The summed E-state index contributed by atoms with van der Waals surface area (Å²) in [5, 5.41) is 4.06. The van der Waals surface area contributed by atoms with Crippen LogP contribution in [-0.2, 0) is 4.79 Å². The summed E-state index contributed by atoms with van der Waals surface area (Å²) < 4.78 is 5.57. The van der Waals surface area contributed by atoms with Gasteiger partial charge in [-0.15, -0.1) is 0 Å². The molecular weight excluding hydrogens is 276 g/mol. The smallest absolute Gasteiger partial charge is 0.261 e. The summed E-state index contributed by atoms with van der Waals surface area (Å²) in [5.74, 6) is 0.777. The normalized spacial score (nSPS) is 25.4. The van der Waals surface area contributed by atoms with Gasteiger partial charge < -0.3 is 15.0 Å². The molecule has 3 rings (SSSR count). The second-order valence-electron chi connectivity index (χ2n) is 5.42. The third-order valence-corrected chi connectivity index (χ3v) is 4.37. The van der Waals surface area contributed by atoms with Crippen molar-refractivity contribution < 1.29 is 9.53 Å². The number of rotatable bonds is 3. The minimum atomic E-state index is 0.0937. The number of ether oxygens (including phenoxy) is 1. The van der Waals surface area contributed by atoms with E-state index in [1.165, 1.54) is 0 Å². The Morgan fingerprint density at radius 2 is 2.00 bits per heavy atom. The highest BCUT2D eigenvalue weighted by molar-refractivity contribution is 6.30. The van der Waals surface area contributed by atoms with Crippen LogP contribution in [0.3, 0.4) is 0 Å². The van der Waals surface area contributed by atoms with Crippen molar-refractivity contribution in [3.63, 3.8) is 0 Å². The molecule has 2 bridgehead atoms. The van der Waals surface area contributed by atoms with Gasteiger partial charge in [-0.2, -0.15) is 0 Å². The summed E-state index contributed by atoms with van der Waals surface area (Å²) in [6, 6.07) is 7.82. The number of nitrogens with zero attached hydrogens (tertiary/aromatic N) is 1. The van der Waals surface area contributed by atoms with Gasteiger partial charge in [0.2, 0.25) is 0 Å². The van der Waals surface area contributed by atoms with Gasteiger partial charge in [-0.05, 0) is 50.1 Å². The van der Waals surface area contributed by atoms with Crippen LogP contribution >= 0.6 is 11.6 Å². The average Bonchev–Trinajstić information content (AvgIpc) is 2.71. The number of hydrogen-bond acceptors (Lipinski definition) is 3. The number of amides is 1. The Kier molecular flexibility index (Phi) is 4.13. The molecule has 20 heavy (non-hydrogen) atoms. The van der Waals surface area contributed by atoms with E-state index >= 15 is 0 Å². The van der Waals surface area contributed by atoms with Gasteiger partial charge in [0, 0.05) is 23.7 Å². The van der Waals surface area contributed by atoms with Crippen molar-refractivity contribution in [2.75, 3.05) is 19.7 Å². The van der Waals surface area contributed by atoms with E-state index in [1.807, 2.05) is 4.90 Å². The number of fused-ring (bicyclic) bond motifs is 2. The van der Waals surface area contributed by atoms with Crippen LogP contribution < -0.4 is 10.1 Å². The fraction of sp³-hybridized carbons (Fsp3) is 0.533. The molecule has 5 heteroatoms. The monoisotopic (exact) mass is 294 g/mol. The number of carbonyl (C=O) groups is 1. The van der Waals surface area contributed by atoms with Crippen LogP contribution in [0, 0.1) is 0 Å². The molecule has 2 heterocycles. The number of nitrogens with one attached hydrogen (secondary N) is 1. The van der Waals surface area contributed by atoms with Crippen LogP contribution in [0.25, 0.3) is 0 Å². The Morgan fingerprint density at radius 1 is 1.25 bits per heavy atom. The van der Waals surface area contributed by atoms with Crippen LogP contribution in [0.5, 0.6) is 5.75 Å². The molecule has 1 aromatic rings. The van der Waals surface area contributed by atoms with Crippen molar-refractivity contribution in [2.24, 2.45) is 0 Å². The Labute approximate surface area is 124 Å². The molecule has 0 saturated carbocycles. The number of halogens is 1. The summed E-state index contributed by atoms with van der Waals surface area (Å²) in [6.45, 7) is 2.01. The molecule has 0 radical (unpaired) electrons. The van der Waals surface area contributed by atoms with Gasteiger partial charge in [0.15, 0.2) is 6.61 Å². The van der Waals surface area contributed by atoms with Crippen LogP contribution in [0.2, 0.25) is 5.02 Å². The van der Waals surface area contributed by atoms with E-state index in [2.05, 4.69) is 5.32 Å². The summed E-state index contributed by atoms with van der Waals surface area (Å²) >= 11 is 5.82.